The van der Waals surface area contributed by atoms with Crippen molar-refractivity contribution in [2.24, 2.45) is 0 Å². The molecule has 0 radical (unpaired) electrons. The second-order valence-electron chi connectivity index (χ2n) is 5.18. The summed E-state index contributed by atoms with van der Waals surface area (Å²) in [7, 11) is 0. The SMILES string of the molecule is Cc1ccccc1OCc1nc(C(=O)N2CCCC2)cs1. The molecule has 5 heteroatoms. The van der Waals surface area contributed by atoms with Gasteiger partial charge in [-0.2, -0.15) is 0 Å². The van der Waals surface area contributed by atoms with Crippen LogP contribution >= 0.6 is 11.3 Å². The molecule has 3 rings (SSSR count). The minimum atomic E-state index is 0.0471. The smallest absolute Gasteiger partial charge is 0.273 e. The first-order valence-electron chi connectivity index (χ1n) is 7.16. The van der Waals surface area contributed by atoms with Crippen molar-refractivity contribution in [1.82, 2.24) is 9.88 Å². The van der Waals surface area contributed by atoms with E-state index in [-0.39, 0.29) is 5.91 Å². The number of thiazole rings is 1. The van der Waals surface area contributed by atoms with Gasteiger partial charge in [-0.1, -0.05) is 18.2 Å². The minimum absolute atomic E-state index is 0.0471. The fourth-order valence-corrected chi connectivity index (χ4v) is 3.09. The predicted molar refractivity (Wildman–Crippen MR) is 82.8 cm³/mol. The molecule has 1 aromatic heterocycles. The molecule has 0 atom stereocenters. The number of aryl methyl sites for hydroxylation is 1. The van der Waals surface area contributed by atoms with Gasteiger partial charge in [0.05, 0.1) is 0 Å². The first kappa shape index (κ1) is 14.1. The van der Waals surface area contributed by atoms with E-state index in [0.29, 0.717) is 12.3 Å². The summed E-state index contributed by atoms with van der Waals surface area (Å²) in [5.74, 6) is 0.908. The third-order valence-electron chi connectivity index (χ3n) is 3.61. The van der Waals surface area contributed by atoms with E-state index in [4.69, 9.17) is 4.74 Å². The van der Waals surface area contributed by atoms with Gasteiger partial charge < -0.3 is 9.64 Å². The molecule has 1 aliphatic rings. The van der Waals surface area contributed by atoms with Crippen molar-refractivity contribution in [1.29, 1.82) is 0 Å². The van der Waals surface area contributed by atoms with Gasteiger partial charge >= 0.3 is 0 Å². The van der Waals surface area contributed by atoms with E-state index in [1.807, 2.05) is 41.5 Å². The molecule has 21 heavy (non-hydrogen) atoms. The molecule has 2 aromatic rings. The number of aromatic nitrogens is 1. The number of hydrogen-bond donors (Lipinski definition) is 0. The van der Waals surface area contributed by atoms with Gasteiger partial charge in [-0.15, -0.1) is 11.3 Å². The summed E-state index contributed by atoms with van der Waals surface area (Å²) >= 11 is 1.48. The van der Waals surface area contributed by atoms with Crippen LogP contribution in [0, 0.1) is 6.92 Å². The molecular weight excluding hydrogens is 284 g/mol. The average molecular weight is 302 g/mol. The number of nitrogens with zero attached hydrogens (tertiary/aromatic N) is 2. The van der Waals surface area contributed by atoms with Gasteiger partial charge in [-0.3, -0.25) is 4.79 Å². The number of hydrogen-bond acceptors (Lipinski definition) is 4. The van der Waals surface area contributed by atoms with Gasteiger partial charge in [0.2, 0.25) is 0 Å². The molecular formula is C16H18N2O2S. The van der Waals surface area contributed by atoms with Crippen LogP contribution in [0.5, 0.6) is 5.75 Å². The van der Waals surface area contributed by atoms with Crippen LogP contribution in [0.3, 0.4) is 0 Å². The van der Waals surface area contributed by atoms with Crippen molar-refractivity contribution in [2.75, 3.05) is 13.1 Å². The van der Waals surface area contributed by atoms with Crippen LogP contribution in [0.15, 0.2) is 29.6 Å². The number of likely N-dealkylation sites (tertiary alicyclic amines) is 1. The Hall–Kier alpha value is -1.88. The topological polar surface area (TPSA) is 42.4 Å². The Bertz CT molecular complexity index is 633. The van der Waals surface area contributed by atoms with E-state index in [0.717, 1.165) is 42.3 Å². The van der Waals surface area contributed by atoms with E-state index in [1.165, 1.54) is 11.3 Å². The Morgan fingerprint density at radius 1 is 1.33 bits per heavy atom. The van der Waals surface area contributed by atoms with Crippen LogP contribution < -0.4 is 4.74 Å². The summed E-state index contributed by atoms with van der Waals surface area (Å²) in [6.07, 6.45) is 2.19. The van der Waals surface area contributed by atoms with Gasteiger partial charge in [0, 0.05) is 18.5 Å². The normalized spacial score (nSPS) is 14.4. The maximum absolute atomic E-state index is 12.2. The highest BCUT2D eigenvalue weighted by atomic mass is 32.1. The summed E-state index contributed by atoms with van der Waals surface area (Å²) in [5.41, 5.74) is 1.65. The average Bonchev–Trinajstić information content (AvgIpc) is 3.17. The van der Waals surface area contributed by atoms with Crippen molar-refractivity contribution in [3.05, 3.63) is 45.9 Å². The molecule has 4 nitrogen and oxygen atoms in total. The molecule has 0 unspecified atom stereocenters. The second kappa shape index (κ2) is 6.26. The van der Waals surface area contributed by atoms with Gasteiger partial charge in [-0.05, 0) is 31.4 Å². The zero-order valence-electron chi connectivity index (χ0n) is 12.0. The summed E-state index contributed by atoms with van der Waals surface area (Å²) in [6, 6.07) is 7.89. The summed E-state index contributed by atoms with van der Waals surface area (Å²) < 4.78 is 5.76. The third-order valence-corrected chi connectivity index (χ3v) is 4.43. The Morgan fingerprint density at radius 3 is 2.86 bits per heavy atom. The molecule has 0 aliphatic carbocycles. The highest BCUT2D eigenvalue weighted by molar-refractivity contribution is 7.09. The molecule has 1 fully saturated rings. The Balaban J connectivity index is 1.62. The summed E-state index contributed by atoms with van der Waals surface area (Å²) in [5, 5.41) is 2.66. The maximum Gasteiger partial charge on any atom is 0.273 e. The molecule has 1 saturated heterocycles. The van der Waals surface area contributed by atoms with E-state index < -0.39 is 0 Å². The largest absolute Gasteiger partial charge is 0.486 e. The van der Waals surface area contributed by atoms with E-state index >= 15 is 0 Å². The summed E-state index contributed by atoms with van der Waals surface area (Å²) in [4.78, 5) is 18.5. The lowest BCUT2D eigenvalue weighted by Crippen LogP contribution is -2.27. The van der Waals surface area contributed by atoms with E-state index in [2.05, 4.69) is 4.98 Å². The van der Waals surface area contributed by atoms with Crippen molar-refractivity contribution in [2.45, 2.75) is 26.4 Å². The lowest BCUT2D eigenvalue weighted by Gasteiger charge is -2.12. The number of rotatable bonds is 4. The predicted octanol–water partition coefficient (Wildman–Crippen LogP) is 3.27. The number of benzene rings is 1. The molecule has 1 aliphatic heterocycles. The quantitative estimate of drug-likeness (QED) is 0.870. The Labute approximate surface area is 128 Å². The van der Waals surface area contributed by atoms with Crippen LogP contribution in [0.1, 0.15) is 33.9 Å². The van der Waals surface area contributed by atoms with Gasteiger partial charge in [0.25, 0.3) is 5.91 Å². The molecule has 0 bridgehead atoms. The number of ether oxygens (including phenoxy) is 1. The number of carbonyl (C=O) groups is 1. The van der Waals surface area contributed by atoms with Crippen molar-refractivity contribution >= 4 is 17.2 Å². The lowest BCUT2D eigenvalue weighted by molar-refractivity contribution is 0.0787. The molecule has 1 amide bonds. The monoisotopic (exact) mass is 302 g/mol. The molecule has 0 saturated carbocycles. The zero-order chi connectivity index (χ0) is 14.7. The zero-order valence-corrected chi connectivity index (χ0v) is 12.9. The van der Waals surface area contributed by atoms with Crippen LogP contribution in [0.4, 0.5) is 0 Å². The molecule has 110 valence electrons. The number of amides is 1. The highest BCUT2D eigenvalue weighted by Gasteiger charge is 2.21. The summed E-state index contributed by atoms with van der Waals surface area (Å²) in [6.45, 7) is 4.12. The van der Waals surface area contributed by atoms with Crippen molar-refractivity contribution in [3.8, 4) is 5.75 Å². The molecule has 2 heterocycles. The van der Waals surface area contributed by atoms with Gasteiger partial charge in [0.15, 0.2) is 0 Å². The minimum Gasteiger partial charge on any atom is -0.486 e. The fraction of sp³-hybridized carbons (Fsp3) is 0.375. The fourth-order valence-electron chi connectivity index (χ4n) is 2.42. The van der Waals surface area contributed by atoms with E-state index in [1.54, 1.807) is 0 Å². The lowest BCUT2D eigenvalue weighted by atomic mass is 10.2. The first-order valence-corrected chi connectivity index (χ1v) is 8.04. The Morgan fingerprint density at radius 2 is 2.10 bits per heavy atom. The Kier molecular flexibility index (Phi) is 4.20. The van der Waals surface area contributed by atoms with Crippen LogP contribution in [-0.4, -0.2) is 28.9 Å². The van der Waals surface area contributed by atoms with Crippen LogP contribution in [0.25, 0.3) is 0 Å². The highest BCUT2D eigenvalue weighted by Crippen LogP contribution is 2.20. The standard InChI is InChI=1S/C16H18N2O2S/c1-12-6-2-3-7-14(12)20-10-15-17-13(11-21-15)16(19)18-8-4-5-9-18/h2-3,6-7,11H,4-5,8-10H2,1H3. The number of carbonyl (C=O) groups excluding carboxylic acids is 1. The van der Waals surface area contributed by atoms with Gasteiger partial charge in [0.1, 0.15) is 23.1 Å². The maximum atomic E-state index is 12.2. The third kappa shape index (κ3) is 3.24. The van der Waals surface area contributed by atoms with E-state index in [9.17, 15) is 4.79 Å². The number of para-hydroxylation sites is 1. The van der Waals surface area contributed by atoms with Gasteiger partial charge in [-0.25, -0.2) is 4.98 Å². The second-order valence-corrected chi connectivity index (χ2v) is 6.12. The molecule has 0 spiro atoms. The first-order chi connectivity index (χ1) is 10.2. The van der Waals surface area contributed by atoms with Crippen molar-refractivity contribution < 1.29 is 9.53 Å². The molecule has 0 N–H and O–H groups in total. The molecule has 1 aromatic carbocycles. The van der Waals surface area contributed by atoms with Crippen LogP contribution in [0.2, 0.25) is 0 Å². The van der Waals surface area contributed by atoms with Crippen molar-refractivity contribution in [3.63, 3.8) is 0 Å². The van der Waals surface area contributed by atoms with Crippen LogP contribution in [-0.2, 0) is 6.61 Å².